The Morgan fingerprint density at radius 1 is 1.23 bits per heavy atom. The van der Waals surface area contributed by atoms with Gasteiger partial charge in [-0.1, -0.05) is 19.1 Å². The first-order valence-electron chi connectivity index (χ1n) is 10.7. The molecule has 3 rings (SSSR count). The van der Waals surface area contributed by atoms with Crippen molar-refractivity contribution in [3.8, 4) is 0 Å². The molecule has 7 nitrogen and oxygen atoms in total. The Morgan fingerprint density at radius 3 is 2.63 bits per heavy atom. The quantitative estimate of drug-likeness (QED) is 0.310. The standard InChI is InChI=1S/C21H34N4O3S.HI/c1-3-22-21(25-12-4-6-17(2)16-25)23-14-18-8-10-20(11-9-18)29(26,27)24-15-19-7-5-13-28-19;/h8-11,17,19,24H,3-7,12-16H2,1-2H3,(H,22,23);1H. The zero-order valence-corrected chi connectivity index (χ0v) is 21.1. The van der Waals surface area contributed by atoms with Crippen LogP contribution in [0.4, 0.5) is 0 Å². The van der Waals surface area contributed by atoms with Gasteiger partial charge < -0.3 is 15.0 Å². The predicted octanol–water partition coefficient (Wildman–Crippen LogP) is 2.96. The molecule has 0 spiro atoms. The normalized spacial score (nSPS) is 22.6. The Bertz CT molecular complexity index is 780. The highest BCUT2D eigenvalue weighted by Crippen LogP contribution is 2.17. The first-order valence-corrected chi connectivity index (χ1v) is 12.2. The summed E-state index contributed by atoms with van der Waals surface area (Å²) in [4.78, 5) is 7.37. The van der Waals surface area contributed by atoms with Crippen molar-refractivity contribution in [1.82, 2.24) is 14.9 Å². The number of hydrogen-bond donors (Lipinski definition) is 2. The minimum absolute atomic E-state index is 0. The summed E-state index contributed by atoms with van der Waals surface area (Å²) >= 11 is 0. The number of ether oxygens (including phenoxy) is 1. The molecular weight excluding hydrogens is 515 g/mol. The first kappa shape index (κ1) is 25.4. The number of aliphatic imine (C=N–C) groups is 1. The van der Waals surface area contributed by atoms with Crippen molar-refractivity contribution in [3.63, 3.8) is 0 Å². The lowest BCUT2D eigenvalue weighted by Crippen LogP contribution is -2.46. The Balaban J connectivity index is 0.00000320. The van der Waals surface area contributed by atoms with Crippen molar-refractivity contribution in [2.45, 2.75) is 57.1 Å². The Kier molecular flexibility index (Phi) is 10.3. The van der Waals surface area contributed by atoms with Gasteiger partial charge in [0.25, 0.3) is 0 Å². The fourth-order valence-corrected chi connectivity index (χ4v) is 4.91. The average Bonchev–Trinajstić information content (AvgIpc) is 3.24. The number of hydrogen-bond acceptors (Lipinski definition) is 4. The average molecular weight is 551 g/mol. The zero-order valence-electron chi connectivity index (χ0n) is 18.0. The minimum atomic E-state index is -3.51. The third-order valence-corrected chi connectivity index (χ3v) is 6.90. The van der Waals surface area contributed by atoms with Gasteiger partial charge in [-0.3, -0.25) is 0 Å². The predicted molar refractivity (Wildman–Crippen MR) is 131 cm³/mol. The second-order valence-electron chi connectivity index (χ2n) is 7.99. The molecule has 2 N–H and O–H groups in total. The molecule has 0 radical (unpaired) electrons. The summed E-state index contributed by atoms with van der Waals surface area (Å²) in [5.41, 5.74) is 0.989. The zero-order chi connectivity index (χ0) is 20.7. The van der Waals surface area contributed by atoms with Crippen LogP contribution in [0.3, 0.4) is 0 Å². The molecule has 2 saturated heterocycles. The third kappa shape index (κ3) is 7.35. The fourth-order valence-electron chi connectivity index (χ4n) is 3.84. The van der Waals surface area contributed by atoms with Crippen molar-refractivity contribution in [2.75, 3.05) is 32.8 Å². The number of guanidine groups is 1. The van der Waals surface area contributed by atoms with Gasteiger partial charge in [-0.25, -0.2) is 18.1 Å². The monoisotopic (exact) mass is 550 g/mol. The van der Waals surface area contributed by atoms with Gasteiger partial charge >= 0.3 is 0 Å². The molecule has 2 aliphatic heterocycles. The van der Waals surface area contributed by atoms with E-state index in [4.69, 9.17) is 9.73 Å². The molecule has 2 unspecified atom stereocenters. The number of nitrogens with zero attached hydrogens (tertiary/aromatic N) is 2. The van der Waals surface area contributed by atoms with Crippen LogP contribution in [0.25, 0.3) is 0 Å². The molecule has 0 bridgehead atoms. The maximum absolute atomic E-state index is 12.5. The second-order valence-corrected chi connectivity index (χ2v) is 9.76. The molecule has 0 aromatic heterocycles. The molecule has 2 fully saturated rings. The lowest BCUT2D eigenvalue weighted by atomic mass is 10.0. The molecule has 0 amide bonds. The minimum Gasteiger partial charge on any atom is -0.377 e. The summed E-state index contributed by atoms with van der Waals surface area (Å²) in [7, 11) is -3.51. The molecule has 1 aromatic carbocycles. The van der Waals surface area contributed by atoms with E-state index >= 15 is 0 Å². The number of halogens is 1. The maximum Gasteiger partial charge on any atom is 0.240 e. The van der Waals surface area contributed by atoms with E-state index in [9.17, 15) is 8.42 Å². The molecule has 30 heavy (non-hydrogen) atoms. The lowest BCUT2D eigenvalue weighted by Gasteiger charge is -2.33. The van der Waals surface area contributed by atoms with E-state index in [0.717, 1.165) is 44.0 Å². The van der Waals surface area contributed by atoms with Gasteiger partial charge in [0.15, 0.2) is 5.96 Å². The Labute approximate surface area is 198 Å². The van der Waals surface area contributed by atoms with Gasteiger partial charge in [0.2, 0.25) is 10.0 Å². The molecule has 2 heterocycles. The number of sulfonamides is 1. The number of rotatable bonds is 7. The summed E-state index contributed by atoms with van der Waals surface area (Å²) in [6.07, 6.45) is 4.35. The molecule has 9 heteroatoms. The van der Waals surface area contributed by atoms with Crippen LogP contribution in [0.2, 0.25) is 0 Å². The van der Waals surface area contributed by atoms with Crippen LogP contribution in [0, 0.1) is 5.92 Å². The van der Waals surface area contributed by atoms with Crippen molar-refractivity contribution in [1.29, 1.82) is 0 Å². The van der Waals surface area contributed by atoms with E-state index in [-0.39, 0.29) is 35.0 Å². The van der Waals surface area contributed by atoms with Crippen LogP contribution >= 0.6 is 24.0 Å². The van der Waals surface area contributed by atoms with E-state index in [1.807, 2.05) is 12.1 Å². The van der Waals surface area contributed by atoms with Crippen LogP contribution in [0.15, 0.2) is 34.2 Å². The molecule has 1 aromatic rings. The number of likely N-dealkylation sites (tertiary alicyclic amines) is 1. The van der Waals surface area contributed by atoms with Gasteiger partial charge in [-0.2, -0.15) is 0 Å². The van der Waals surface area contributed by atoms with E-state index in [1.54, 1.807) is 12.1 Å². The van der Waals surface area contributed by atoms with Gasteiger partial charge in [-0.15, -0.1) is 24.0 Å². The van der Waals surface area contributed by atoms with Crippen LogP contribution in [0.5, 0.6) is 0 Å². The summed E-state index contributed by atoms with van der Waals surface area (Å²) in [5.74, 6) is 1.62. The number of piperidine rings is 1. The van der Waals surface area contributed by atoms with E-state index < -0.39 is 10.0 Å². The largest absolute Gasteiger partial charge is 0.377 e. The van der Waals surface area contributed by atoms with Crippen molar-refractivity contribution in [2.24, 2.45) is 10.9 Å². The fraction of sp³-hybridized carbons (Fsp3) is 0.667. The molecular formula is C21H35IN4O3S. The summed E-state index contributed by atoms with van der Waals surface area (Å²) in [6.45, 7) is 8.81. The number of benzene rings is 1. The third-order valence-electron chi connectivity index (χ3n) is 5.46. The van der Waals surface area contributed by atoms with E-state index in [0.29, 0.717) is 25.6 Å². The van der Waals surface area contributed by atoms with Gasteiger partial charge in [0.1, 0.15) is 0 Å². The van der Waals surface area contributed by atoms with Crippen molar-refractivity contribution in [3.05, 3.63) is 29.8 Å². The SMILES string of the molecule is CCNC(=NCc1ccc(S(=O)(=O)NCC2CCCO2)cc1)N1CCCC(C)C1.I. The lowest BCUT2D eigenvalue weighted by molar-refractivity contribution is 0.114. The van der Waals surface area contributed by atoms with Gasteiger partial charge in [0, 0.05) is 32.8 Å². The van der Waals surface area contributed by atoms with E-state index in [2.05, 4.69) is 28.8 Å². The van der Waals surface area contributed by atoms with Crippen LogP contribution < -0.4 is 10.0 Å². The van der Waals surface area contributed by atoms with Crippen LogP contribution in [0.1, 0.15) is 45.1 Å². The maximum atomic E-state index is 12.5. The van der Waals surface area contributed by atoms with Crippen molar-refractivity contribution >= 4 is 40.0 Å². The Morgan fingerprint density at radius 2 is 2.00 bits per heavy atom. The van der Waals surface area contributed by atoms with Crippen molar-refractivity contribution < 1.29 is 13.2 Å². The Hall–Kier alpha value is -0.910. The molecule has 170 valence electrons. The molecule has 0 saturated carbocycles. The highest BCUT2D eigenvalue weighted by Gasteiger charge is 2.21. The van der Waals surface area contributed by atoms with E-state index in [1.165, 1.54) is 12.8 Å². The number of nitrogens with one attached hydrogen (secondary N) is 2. The van der Waals surface area contributed by atoms with Gasteiger partial charge in [0.05, 0.1) is 17.5 Å². The summed E-state index contributed by atoms with van der Waals surface area (Å²) in [5, 5.41) is 3.38. The highest BCUT2D eigenvalue weighted by atomic mass is 127. The molecule has 0 aliphatic carbocycles. The van der Waals surface area contributed by atoms with Crippen LogP contribution in [-0.4, -0.2) is 58.2 Å². The first-order chi connectivity index (χ1) is 14.0. The smallest absolute Gasteiger partial charge is 0.240 e. The highest BCUT2D eigenvalue weighted by molar-refractivity contribution is 14.0. The summed E-state index contributed by atoms with van der Waals surface area (Å²) in [6, 6.07) is 6.98. The summed E-state index contributed by atoms with van der Waals surface area (Å²) < 4.78 is 33.1. The second kappa shape index (κ2) is 12.2. The molecule has 2 aliphatic rings. The molecule has 2 atom stereocenters. The van der Waals surface area contributed by atoms with Gasteiger partial charge in [-0.05, 0) is 56.2 Å². The van der Waals surface area contributed by atoms with Crippen LogP contribution in [-0.2, 0) is 21.3 Å². The topological polar surface area (TPSA) is 83.0 Å².